The highest BCUT2D eigenvalue weighted by Gasteiger charge is 2.49. The standard InChI is InChI=1S/C22H24N2O4S2/c1-3-28-18-9-7-17(8-10-18)24-19-13-30(26,27)14-20(19)29-22(24)23-21(25)12-16-6-4-5-15(2)11-16/h4-11,19-20H,3,12-14H2,1-2H3/t19-,20-/m0/s1. The van der Waals surface area contributed by atoms with Gasteiger partial charge in [0.2, 0.25) is 0 Å². The number of carbonyl (C=O) groups is 1. The van der Waals surface area contributed by atoms with Crippen molar-refractivity contribution in [2.24, 2.45) is 4.99 Å². The fourth-order valence-electron chi connectivity index (χ4n) is 3.88. The van der Waals surface area contributed by atoms with Gasteiger partial charge in [-0.1, -0.05) is 41.6 Å². The van der Waals surface area contributed by atoms with Gasteiger partial charge in [0.25, 0.3) is 5.91 Å². The molecule has 2 aliphatic heterocycles. The number of carbonyl (C=O) groups excluding carboxylic acids is 1. The van der Waals surface area contributed by atoms with E-state index in [9.17, 15) is 13.2 Å². The lowest BCUT2D eigenvalue weighted by Crippen LogP contribution is -2.37. The molecule has 4 rings (SSSR count). The lowest BCUT2D eigenvalue weighted by molar-refractivity contribution is -0.117. The van der Waals surface area contributed by atoms with Gasteiger partial charge in [-0.3, -0.25) is 4.79 Å². The van der Waals surface area contributed by atoms with Crippen molar-refractivity contribution in [3.8, 4) is 5.75 Å². The molecule has 0 unspecified atom stereocenters. The van der Waals surface area contributed by atoms with Gasteiger partial charge in [-0.25, -0.2) is 8.42 Å². The molecule has 1 amide bonds. The average molecular weight is 445 g/mol. The third-order valence-corrected chi connectivity index (χ3v) is 8.36. The lowest BCUT2D eigenvalue weighted by atomic mass is 10.1. The summed E-state index contributed by atoms with van der Waals surface area (Å²) in [4.78, 5) is 19.0. The van der Waals surface area contributed by atoms with Crippen LogP contribution in [-0.4, -0.2) is 48.9 Å². The highest BCUT2D eigenvalue weighted by molar-refractivity contribution is 8.16. The molecule has 0 radical (unpaired) electrons. The van der Waals surface area contributed by atoms with Gasteiger partial charge in [-0.15, -0.1) is 0 Å². The summed E-state index contributed by atoms with van der Waals surface area (Å²) in [5.41, 5.74) is 2.83. The molecule has 0 saturated carbocycles. The summed E-state index contributed by atoms with van der Waals surface area (Å²) in [6, 6.07) is 15.1. The van der Waals surface area contributed by atoms with Crippen LogP contribution in [0.25, 0.3) is 0 Å². The molecular weight excluding hydrogens is 420 g/mol. The third kappa shape index (κ3) is 4.54. The first-order valence-electron chi connectivity index (χ1n) is 9.91. The minimum absolute atomic E-state index is 0.0724. The van der Waals surface area contributed by atoms with E-state index in [4.69, 9.17) is 4.74 Å². The second kappa shape index (κ2) is 8.43. The number of thioether (sulfide) groups is 1. The maximum Gasteiger partial charge on any atom is 0.252 e. The Morgan fingerprint density at radius 2 is 1.97 bits per heavy atom. The molecule has 2 aromatic carbocycles. The summed E-state index contributed by atoms with van der Waals surface area (Å²) in [6.07, 6.45) is 0.219. The monoisotopic (exact) mass is 444 g/mol. The minimum atomic E-state index is -3.10. The number of hydrogen-bond donors (Lipinski definition) is 0. The van der Waals surface area contributed by atoms with Crippen LogP contribution in [0.15, 0.2) is 53.5 Å². The van der Waals surface area contributed by atoms with E-state index in [0.29, 0.717) is 11.8 Å². The molecule has 0 bridgehead atoms. The predicted molar refractivity (Wildman–Crippen MR) is 121 cm³/mol. The van der Waals surface area contributed by atoms with Crippen molar-refractivity contribution in [2.75, 3.05) is 23.0 Å². The van der Waals surface area contributed by atoms with Crippen LogP contribution in [-0.2, 0) is 21.1 Å². The van der Waals surface area contributed by atoms with E-state index in [1.165, 1.54) is 11.8 Å². The van der Waals surface area contributed by atoms with E-state index >= 15 is 0 Å². The van der Waals surface area contributed by atoms with Gasteiger partial charge in [0, 0.05) is 10.9 Å². The van der Waals surface area contributed by atoms with Crippen molar-refractivity contribution in [3.05, 3.63) is 59.7 Å². The summed E-state index contributed by atoms with van der Waals surface area (Å²) in [5, 5.41) is 0.453. The number of amides is 1. The molecule has 0 aliphatic carbocycles. The number of ether oxygens (including phenoxy) is 1. The van der Waals surface area contributed by atoms with Gasteiger partial charge in [-0.05, 0) is 43.7 Å². The number of nitrogens with zero attached hydrogens (tertiary/aromatic N) is 2. The summed E-state index contributed by atoms with van der Waals surface area (Å²) in [7, 11) is -3.10. The zero-order chi connectivity index (χ0) is 21.3. The lowest BCUT2D eigenvalue weighted by Gasteiger charge is -2.24. The normalized spacial score (nSPS) is 23.5. The zero-order valence-electron chi connectivity index (χ0n) is 16.9. The van der Waals surface area contributed by atoms with Crippen LogP contribution in [0, 0.1) is 6.92 Å². The number of amidine groups is 1. The van der Waals surface area contributed by atoms with E-state index in [-0.39, 0.29) is 35.1 Å². The first kappa shape index (κ1) is 20.9. The molecule has 158 valence electrons. The predicted octanol–water partition coefficient (Wildman–Crippen LogP) is 3.24. The van der Waals surface area contributed by atoms with E-state index in [2.05, 4.69) is 4.99 Å². The largest absolute Gasteiger partial charge is 0.494 e. The van der Waals surface area contributed by atoms with Gasteiger partial charge in [-0.2, -0.15) is 4.99 Å². The fourth-order valence-corrected chi connectivity index (χ4v) is 7.81. The summed E-state index contributed by atoms with van der Waals surface area (Å²) in [5.74, 6) is 0.698. The second-order valence-corrected chi connectivity index (χ2v) is 10.9. The number of benzene rings is 2. The molecule has 0 N–H and O–H groups in total. The Labute approximate surface area is 181 Å². The zero-order valence-corrected chi connectivity index (χ0v) is 18.6. The molecular formula is C22H24N2O4S2. The smallest absolute Gasteiger partial charge is 0.252 e. The summed E-state index contributed by atoms with van der Waals surface area (Å²) in [6.45, 7) is 4.48. The van der Waals surface area contributed by atoms with Crippen molar-refractivity contribution in [2.45, 2.75) is 31.6 Å². The number of fused-ring (bicyclic) bond motifs is 1. The Morgan fingerprint density at radius 3 is 2.67 bits per heavy atom. The Balaban J connectivity index is 1.62. The van der Waals surface area contributed by atoms with Crippen LogP contribution in [0.3, 0.4) is 0 Å². The van der Waals surface area contributed by atoms with Crippen LogP contribution in [0.4, 0.5) is 5.69 Å². The van der Waals surface area contributed by atoms with Crippen LogP contribution < -0.4 is 9.64 Å². The van der Waals surface area contributed by atoms with E-state index < -0.39 is 9.84 Å². The highest BCUT2D eigenvalue weighted by Crippen LogP contribution is 2.41. The van der Waals surface area contributed by atoms with Crippen LogP contribution in [0.2, 0.25) is 0 Å². The molecule has 0 aromatic heterocycles. The molecule has 2 saturated heterocycles. The van der Waals surface area contributed by atoms with Crippen molar-refractivity contribution < 1.29 is 17.9 Å². The second-order valence-electron chi connectivity index (χ2n) is 7.55. The summed E-state index contributed by atoms with van der Waals surface area (Å²) < 4.78 is 29.9. The maximum absolute atomic E-state index is 12.7. The van der Waals surface area contributed by atoms with Gasteiger partial charge in [0.1, 0.15) is 5.75 Å². The molecule has 2 aromatic rings. The van der Waals surface area contributed by atoms with Crippen molar-refractivity contribution in [3.63, 3.8) is 0 Å². The number of aliphatic imine (C=N–C) groups is 1. The van der Waals surface area contributed by atoms with E-state index in [1.807, 2.05) is 67.3 Å². The molecule has 8 heteroatoms. The van der Waals surface area contributed by atoms with Crippen molar-refractivity contribution in [1.82, 2.24) is 0 Å². The molecule has 2 fully saturated rings. The Kier molecular flexibility index (Phi) is 5.88. The number of sulfone groups is 1. The Morgan fingerprint density at radius 1 is 1.20 bits per heavy atom. The first-order chi connectivity index (χ1) is 14.3. The van der Waals surface area contributed by atoms with Gasteiger partial charge >= 0.3 is 0 Å². The maximum atomic E-state index is 12.7. The van der Waals surface area contributed by atoms with Gasteiger partial charge < -0.3 is 9.64 Å². The van der Waals surface area contributed by atoms with Crippen molar-refractivity contribution in [1.29, 1.82) is 0 Å². The molecule has 30 heavy (non-hydrogen) atoms. The fraction of sp³-hybridized carbons (Fsp3) is 0.364. The number of aryl methyl sites for hydroxylation is 1. The highest BCUT2D eigenvalue weighted by atomic mass is 32.2. The topological polar surface area (TPSA) is 76.0 Å². The minimum Gasteiger partial charge on any atom is -0.494 e. The van der Waals surface area contributed by atoms with E-state index in [1.54, 1.807) is 0 Å². The van der Waals surface area contributed by atoms with Gasteiger partial charge in [0.05, 0.1) is 30.6 Å². The molecule has 0 spiro atoms. The Bertz CT molecular complexity index is 1080. The Hall–Kier alpha value is -2.32. The van der Waals surface area contributed by atoms with Crippen LogP contribution in [0.5, 0.6) is 5.75 Å². The summed E-state index contributed by atoms with van der Waals surface area (Å²) >= 11 is 1.39. The number of anilines is 1. The number of rotatable bonds is 5. The average Bonchev–Trinajstić information content (AvgIpc) is 3.13. The van der Waals surface area contributed by atoms with Crippen molar-refractivity contribution >= 4 is 38.4 Å². The SMILES string of the molecule is CCOc1ccc(N2C(=NC(=O)Cc3cccc(C)c3)S[C@H]3CS(=O)(=O)C[C@@H]32)cc1. The van der Waals surface area contributed by atoms with E-state index in [0.717, 1.165) is 22.6 Å². The van der Waals surface area contributed by atoms with Gasteiger partial charge in [0.15, 0.2) is 15.0 Å². The molecule has 6 nitrogen and oxygen atoms in total. The number of hydrogen-bond acceptors (Lipinski definition) is 5. The quantitative estimate of drug-likeness (QED) is 0.705. The molecule has 2 aliphatic rings. The van der Waals surface area contributed by atoms with Crippen LogP contribution >= 0.6 is 11.8 Å². The molecule has 2 heterocycles. The third-order valence-electron chi connectivity index (χ3n) is 5.15. The first-order valence-corrected chi connectivity index (χ1v) is 12.6. The van der Waals surface area contributed by atoms with Crippen LogP contribution in [0.1, 0.15) is 18.1 Å². The molecule has 2 atom stereocenters.